The molecule has 1 aromatic rings. The van der Waals surface area contributed by atoms with Gasteiger partial charge in [-0.15, -0.1) is 0 Å². The van der Waals surface area contributed by atoms with Crippen LogP contribution in [0.2, 0.25) is 0 Å². The zero-order chi connectivity index (χ0) is 16.1. The second kappa shape index (κ2) is 7.29. The first kappa shape index (κ1) is 16.3. The van der Waals surface area contributed by atoms with Crippen molar-refractivity contribution in [2.24, 2.45) is 0 Å². The molecule has 1 heterocycles. The van der Waals surface area contributed by atoms with Crippen molar-refractivity contribution in [3.63, 3.8) is 0 Å². The lowest BCUT2D eigenvalue weighted by Crippen LogP contribution is -2.36. The molecule has 0 unspecified atom stereocenters. The van der Waals surface area contributed by atoms with Crippen LogP contribution < -0.4 is 4.74 Å². The van der Waals surface area contributed by atoms with E-state index in [2.05, 4.69) is 0 Å². The molecule has 0 spiro atoms. The first-order valence-electron chi connectivity index (χ1n) is 7.78. The van der Waals surface area contributed by atoms with Gasteiger partial charge < -0.3 is 14.5 Å². The van der Waals surface area contributed by atoms with Crippen molar-refractivity contribution in [2.75, 3.05) is 33.3 Å². The highest BCUT2D eigenvalue weighted by atomic mass is 16.5. The highest BCUT2D eigenvalue weighted by molar-refractivity contribution is 5.94. The number of hydrogen-bond donors (Lipinski definition) is 0. The van der Waals surface area contributed by atoms with Gasteiger partial charge in [0.15, 0.2) is 0 Å². The Hall–Kier alpha value is -2.04. The molecular weight excluding hydrogens is 280 g/mol. The van der Waals surface area contributed by atoms with E-state index in [-0.39, 0.29) is 11.8 Å². The highest BCUT2D eigenvalue weighted by Crippen LogP contribution is 2.21. The second-order valence-corrected chi connectivity index (χ2v) is 5.53. The Bertz CT molecular complexity index is 557. The van der Waals surface area contributed by atoms with Gasteiger partial charge in [-0.25, -0.2) is 0 Å². The van der Waals surface area contributed by atoms with Crippen molar-refractivity contribution in [2.45, 2.75) is 26.7 Å². The van der Waals surface area contributed by atoms with Gasteiger partial charge in [0.05, 0.1) is 7.11 Å². The van der Waals surface area contributed by atoms with Crippen molar-refractivity contribution in [3.8, 4) is 5.75 Å². The van der Waals surface area contributed by atoms with E-state index in [1.54, 1.807) is 18.9 Å². The van der Waals surface area contributed by atoms with Crippen molar-refractivity contribution in [1.29, 1.82) is 0 Å². The van der Waals surface area contributed by atoms with E-state index >= 15 is 0 Å². The van der Waals surface area contributed by atoms with Crippen LogP contribution in [0.4, 0.5) is 0 Å². The van der Waals surface area contributed by atoms with E-state index in [1.807, 2.05) is 30.0 Å². The molecule has 0 bridgehead atoms. The fraction of sp³-hybridized carbons (Fsp3) is 0.529. The van der Waals surface area contributed by atoms with E-state index in [9.17, 15) is 9.59 Å². The first-order valence-corrected chi connectivity index (χ1v) is 7.78. The number of aryl methyl sites for hydroxylation is 1. The number of rotatable bonds is 3. The second-order valence-electron chi connectivity index (χ2n) is 5.53. The van der Waals surface area contributed by atoms with Crippen LogP contribution in [0.5, 0.6) is 5.75 Å². The van der Waals surface area contributed by atoms with E-state index in [0.717, 1.165) is 30.7 Å². The summed E-state index contributed by atoms with van der Waals surface area (Å²) in [6.07, 6.45) is 1.64. The smallest absolute Gasteiger partial charge is 0.253 e. The molecule has 22 heavy (non-hydrogen) atoms. The standard InChI is InChI=1S/C17H24N2O3/c1-4-14-12-15(6-7-16(14)22-3)17(21)19-9-5-8-18(10-11-19)13(2)20/h6-7,12H,4-5,8-11H2,1-3H3. The Morgan fingerprint density at radius 2 is 1.82 bits per heavy atom. The molecular formula is C17H24N2O3. The lowest BCUT2D eigenvalue weighted by molar-refractivity contribution is -0.128. The Labute approximate surface area is 131 Å². The monoisotopic (exact) mass is 304 g/mol. The summed E-state index contributed by atoms with van der Waals surface area (Å²) < 4.78 is 5.31. The van der Waals surface area contributed by atoms with Gasteiger partial charge in [-0.05, 0) is 36.6 Å². The third-order valence-electron chi connectivity index (χ3n) is 4.14. The van der Waals surface area contributed by atoms with Crippen LogP contribution in [0.25, 0.3) is 0 Å². The van der Waals surface area contributed by atoms with Crippen LogP contribution in [0.3, 0.4) is 0 Å². The minimum atomic E-state index is 0.0303. The maximum atomic E-state index is 12.7. The molecule has 1 aliphatic rings. The average molecular weight is 304 g/mol. The Kier molecular flexibility index (Phi) is 5.41. The fourth-order valence-electron chi connectivity index (χ4n) is 2.81. The van der Waals surface area contributed by atoms with Crippen molar-refractivity contribution >= 4 is 11.8 Å². The summed E-state index contributed by atoms with van der Waals surface area (Å²) in [5.41, 5.74) is 1.72. The van der Waals surface area contributed by atoms with Gasteiger partial charge in [-0.1, -0.05) is 6.92 Å². The molecule has 1 aliphatic heterocycles. The summed E-state index contributed by atoms with van der Waals surface area (Å²) in [6, 6.07) is 5.58. The van der Waals surface area contributed by atoms with Crippen LogP contribution >= 0.6 is 0 Å². The Morgan fingerprint density at radius 3 is 2.45 bits per heavy atom. The molecule has 2 amide bonds. The molecule has 0 aliphatic carbocycles. The van der Waals surface area contributed by atoms with Crippen molar-refractivity contribution < 1.29 is 14.3 Å². The zero-order valence-corrected chi connectivity index (χ0v) is 13.6. The van der Waals surface area contributed by atoms with Gasteiger partial charge in [-0.2, -0.15) is 0 Å². The van der Waals surface area contributed by atoms with Crippen LogP contribution in [-0.4, -0.2) is 54.9 Å². The molecule has 5 nitrogen and oxygen atoms in total. The third-order valence-corrected chi connectivity index (χ3v) is 4.14. The largest absolute Gasteiger partial charge is 0.496 e. The molecule has 5 heteroatoms. The number of hydrogen-bond acceptors (Lipinski definition) is 3. The Morgan fingerprint density at radius 1 is 1.14 bits per heavy atom. The van der Waals surface area contributed by atoms with E-state index in [1.165, 1.54) is 0 Å². The van der Waals surface area contributed by atoms with Gasteiger partial charge in [0.2, 0.25) is 5.91 Å². The molecule has 0 saturated carbocycles. The minimum Gasteiger partial charge on any atom is -0.496 e. The summed E-state index contributed by atoms with van der Waals surface area (Å²) >= 11 is 0. The molecule has 1 fully saturated rings. The summed E-state index contributed by atoms with van der Waals surface area (Å²) in [5, 5.41) is 0. The van der Waals surface area contributed by atoms with Gasteiger partial charge in [0.1, 0.15) is 5.75 Å². The molecule has 0 N–H and O–H groups in total. The molecule has 0 atom stereocenters. The van der Waals surface area contributed by atoms with Crippen molar-refractivity contribution in [3.05, 3.63) is 29.3 Å². The molecule has 120 valence electrons. The summed E-state index contributed by atoms with van der Waals surface area (Å²) in [4.78, 5) is 27.8. The molecule has 2 rings (SSSR count). The number of ether oxygens (including phenoxy) is 1. The summed E-state index contributed by atoms with van der Waals surface area (Å²) in [5.74, 6) is 0.924. The van der Waals surface area contributed by atoms with Gasteiger partial charge in [0, 0.05) is 38.7 Å². The van der Waals surface area contributed by atoms with Crippen LogP contribution in [-0.2, 0) is 11.2 Å². The van der Waals surface area contributed by atoms with Crippen LogP contribution in [0, 0.1) is 0 Å². The average Bonchev–Trinajstić information content (AvgIpc) is 2.79. The van der Waals surface area contributed by atoms with Gasteiger partial charge >= 0.3 is 0 Å². The van der Waals surface area contributed by atoms with Crippen molar-refractivity contribution in [1.82, 2.24) is 9.80 Å². The fourth-order valence-corrected chi connectivity index (χ4v) is 2.81. The van der Waals surface area contributed by atoms with Gasteiger partial charge in [0.25, 0.3) is 5.91 Å². The predicted molar refractivity (Wildman–Crippen MR) is 85.1 cm³/mol. The summed E-state index contributed by atoms with van der Waals surface area (Å²) in [6.45, 7) is 6.24. The molecule has 1 aromatic carbocycles. The van der Waals surface area contributed by atoms with E-state index in [0.29, 0.717) is 25.2 Å². The van der Waals surface area contributed by atoms with Gasteiger partial charge in [-0.3, -0.25) is 9.59 Å². The highest BCUT2D eigenvalue weighted by Gasteiger charge is 2.21. The number of benzene rings is 1. The van der Waals surface area contributed by atoms with E-state index < -0.39 is 0 Å². The zero-order valence-electron chi connectivity index (χ0n) is 13.6. The minimum absolute atomic E-state index is 0.0303. The maximum absolute atomic E-state index is 12.7. The number of carbonyl (C=O) groups excluding carboxylic acids is 2. The lowest BCUT2D eigenvalue weighted by Gasteiger charge is -2.22. The summed E-state index contributed by atoms with van der Waals surface area (Å²) in [7, 11) is 1.64. The molecule has 0 radical (unpaired) electrons. The molecule has 0 aromatic heterocycles. The quantitative estimate of drug-likeness (QED) is 0.857. The predicted octanol–water partition coefficient (Wildman–Crippen LogP) is 1.95. The van der Waals surface area contributed by atoms with Crippen LogP contribution in [0.1, 0.15) is 36.2 Å². The SMILES string of the molecule is CCc1cc(C(=O)N2CCCN(C(C)=O)CC2)ccc1OC. The maximum Gasteiger partial charge on any atom is 0.253 e. The van der Waals surface area contributed by atoms with Crippen LogP contribution in [0.15, 0.2) is 18.2 Å². The number of amides is 2. The lowest BCUT2D eigenvalue weighted by atomic mass is 10.1. The van der Waals surface area contributed by atoms with E-state index in [4.69, 9.17) is 4.74 Å². The molecule has 1 saturated heterocycles. The number of methoxy groups -OCH3 is 1. The number of carbonyl (C=O) groups is 2. The topological polar surface area (TPSA) is 49.9 Å². The number of nitrogens with zero attached hydrogens (tertiary/aromatic N) is 2. The normalized spacial score (nSPS) is 15.4. The Balaban J connectivity index is 2.12. The third kappa shape index (κ3) is 3.59. The first-order chi connectivity index (χ1) is 10.6.